The molecule has 1 rings (SSSR count). The van der Waals surface area contributed by atoms with Crippen molar-refractivity contribution < 1.29 is 9.53 Å². The van der Waals surface area contributed by atoms with E-state index in [1.807, 2.05) is 0 Å². The van der Waals surface area contributed by atoms with Crippen molar-refractivity contribution in [3.8, 4) is 0 Å². The van der Waals surface area contributed by atoms with Gasteiger partial charge in [0.15, 0.2) is 0 Å². The number of hydrogen-bond donors (Lipinski definition) is 1. The first-order valence-electron chi connectivity index (χ1n) is 4.16. The molecule has 0 fully saturated rings. The smallest absolute Gasteiger partial charge is 0.342 e. The van der Waals surface area contributed by atoms with Crippen molar-refractivity contribution >= 4 is 23.3 Å². The largest absolute Gasteiger partial charge is 0.462 e. The van der Waals surface area contributed by atoms with Gasteiger partial charge in [-0.2, -0.15) is 0 Å². The van der Waals surface area contributed by atoms with Crippen LogP contribution >= 0.6 is 11.6 Å². The topological polar surface area (TPSA) is 65.2 Å². The number of esters is 1. The number of anilines is 1. The fraction of sp³-hybridized carbons (Fsp3) is 0.333. The number of aryl methyl sites for hydroxylation is 1. The van der Waals surface area contributed by atoms with Crippen LogP contribution < -0.4 is 5.73 Å². The summed E-state index contributed by atoms with van der Waals surface area (Å²) in [5, 5.41) is 0.271. The van der Waals surface area contributed by atoms with Crippen LogP contribution in [0.5, 0.6) is 0 Å². The Morgan fingerprint density at radius 2 is 2.36 bits per heavy atom. The van der Waals surface area contributed by atoms with Crippen molar-refractivity contribution in [2.45, 2.75) is 13.8 Å². The summed E-state index contributed by atoms with van der Waals surface area (Å²) in [6.07, 6.45) is 0. The summed E-state index contributed by atoms with van der Waals surface area (Å²) in [6, 6.07) is 1.43. The highest BCUT2D eigenvalue weighted by atomic mass is 35.5. The average Bonchev–Trinajstić information content (AvgIpc) is 2.01. The summed E-state index contributed by atoms with van der Waals surface area (Å²) >= 11 is 5.66. The SMILES string of the molecule is CCOC(=O)c1c(N)cc(Cl)nc1C. The molecule has 1 aromatic heterocycles. The Labute approximate surface area is 87.0 Å². The zero-order valence-corrected chi connectivity index (χ0v) is 8.76. The van der Waals surface area contributed by atoms with Gasteiger partial charge in [0.2, 0.25) is 0 Å². The highest BCUT2D eigenvalue weighted by Gasteiger charge is 2.15. The van der Waals surface area contributed by atoms with Gasteiger partial charge in [-0.3, -0.25) is 0 Å². The zero-order valence-electron chi connectivity index (χ0n) is 8.00. The van der Waals surface area contributed by atoms with E-state index in [0.717, 1.165) is 0 Å². The number of rotatable bonds is 2. The van der Waals surface area contributed by atoms with E-state index >= 15 is 0 Å². The van der Waals surface area contributed by atoms with Gasteiger partial charge in [-0.15, -0.1) is 0 Å². The summed E-state index contributed by atoms with van der Waals surface area (Å²) in [7, 11) is 0. The lowest BCUT2D eigenvalue weighted by Crippen LogP contribution is -2.11. The van der Waals surface area contributed by atoms with Crippen LogP contribution in [0.2, 0.25) is 5.15 Å². The highest BCUT2D eigenvalue weighted by molar-refractivity contribution is 6.29. The van der Waals surface area contributed by atoms with Crippen LogP contribution in [0.25, 0.3) is 0 Å². The minimum atomic E-state index is -0.466. The molecule has 5 heteroatoms. The van der Waals surface area contributed by atoms with Gasteiger partial charge in [0, 0.05) is 0 Å². The monoisotopic (exact) mass is 214 g/mol. The van der Waals surface area contributed by atoms with Crippen molar-refractivity contribution in [2.75, 3.05) is 12.3 Å². The predicted octanol–water partition coefficient (Wildman–Crippen LogP) is 1.80. The first kappa shape index (κ1) is 10.8. The minimum Gasteiger partial charge on any atom is -0.462 e. The number of nitrogens with two attached hydrogens (primary N) is 1. The first-order chi connectivity index (χ1) is 6.56. The first-order valence-corrected chi connectivity index (χ1v) is 4.53. The van der Waals surface area contributed by atoms with Crippen molar-refractivity contribution in [3.63, 3.8) is 0 Å². The van der Waals surface area contributed by atoms with Gasteiger partial charge in [-0.25, -0.2) is 9.78 Å². The molecule has 0 saturated heterocycles. The quantitative estimate of drug-likeness (QED) is 0.602. The molecule has 2 N–H and O–H groups in total. The van der Waals surface area contributed by atoms with Crippen LogP contribution in [0, 0.1) is 6.92 Å². The van der Waals surface area contributed by atoms with E-state index in [4.69, 9.17) is 22.1 Å². The van der Waals surface area contributed by atoms with Gasteiger partial charge in [0.05, 0.1) is 18.0 Å². The Balaban J connectivity index is 3.14. The third kappa shape index (κ3) is 2.14. The lowest BCUT2D eigenvalue weighted by molar-refractivity contribution is 0.0526. The van der Waals surface area contributed by atoms with Crippen molar-refractivity contribution in [1.29, 1.82) is 0 Å². The van der Waals surface area contributed by atoms with Gasteiger partial charge in [-0.1, -0.05) is 11.6 Å². The standard InChI is InChI=1S/C9H11ClN2O2/c1-3-14-9(13)8-5(2)12-7(10)4-6(8)11/h4H,3H2,1-2H3,(H2,11,12). The summed E-state index contributed by atoms with van der Waals surface area (Å²) in [5.74, 6) is -0.466. The number of hydrogen-bond acceptors (Lipinski definition) is 4. The number of ether oxygens (including phenoxy) is 1. The lowest BCUT2D eigenvalue weighted by atomic mass is 10.2. The molecule has 4 nitrogen and oxygen atoms in total. The molecule has 0 aliphatic rings. The summed E-state index contributed by atoms with van der Waals surface area (Å²) in [4.78, 5) is 15.3. The summed E-state index contributed by atoms with van der Waals surface area (Å²) < 4.78 is 4.83. The van der Waals surface area contributed by atoms with E-state index in [1.54, 1.807) is 13.8 Å². The second-order valence-electron chi connectivity index (χ2n) is 2.72. The van der Waals surface area contributed by atoms with Gasteiger partial charge in [0.1, 0.15) is 10.7 Å². The Morgan fingerprint density at radius 1 is 1.71 bits per heavy atom. The Kier molecular flexibility index (Phi) is 3.30. The number of halogens is 1. The van der Waals surface area contributed by atoms with Gasteiger partial charge >= 0.3 is 5.97 Å². The van der Waals surface area contributed by atoms with Crippen LogP contribution in [0.1, 0.15) is 23.0 Å². The van der Waals surface area contributed by atoms with Crippen LogP contribution in [-0.4, -0.2) is 17.6 Å². The summed E-state index contributed by atoms with van der Waals surface area (Å²) in [6.45, 7) is 3.70. The summed E-state index contributed by atoms with van der Waals surface area (Å²) in [5.41, 5.74) is 6.69. The number of pyridine rings is 1. The molecule has 0 aliphatic carbocycles. The van der Waals surface area contributed by atoms with Crippen molar-refractivity contribution in [2.24, 2.45) is 0 Å². The molecular formula is C9H11ClN2O2. The molecule has 14 heavy (non-hydrogen) atoms. The molecule has 0 amide bonds. The highest BCUT2D eigenvalue weighted by Crippen LogP contribution is 2.20. The second-order valence-corrected chi connectivity index (χ2v) is 3.10. The van der Waals surface area contributed by atoms with Crippen molar-refractivity contribution in [1.82, 2.24) is 4.98 Å². The van der Waals surface area contributed by atoms with Crippen LogP contribution in [0.3, 0.4) is 0 Å². The van der Waals surface area contributed by atoms with Gasteiger partial charge in [-0.05, 0) is 19.9 Å². The van der Waals surface area contributed by atoms with E-state index in [9.17, 15) is 4.79 Å². The minimum absolute atomic E-state index is 0.271. The lowest BCUT2D eigenvalue weighted by Gasteiger charge is -2.07. The predicted molar refractivity (Wildman–Crippen MR) is 54.4 cm³/mol. The maximum absolute atomic E-state index is 11.4. The van der Waals surface area contributed by atoms with E-state index in [2.05, 4.69) is 4.98 Å². The van der Waals surface area contributed by atoms with Gasteiger partial charge in [0.25, 0.3) is 0 Å². The average molecular weight is 215 g/mol. The molecule has 0 aliphatic heterocycles. The normalized spacial score (nSPS) is 9.93. The molecule has 1 aromatic rings. The van der Waals surface area contributed by atoms with E-state index in [0.29, 0.717) is 18.0 Å². The maximum atomic E-state index is 11.4. The molecule has 0 spiro atoms. The van der Waals surface area contributed by atoms with Gasteiger partial charge < -0.3 is 10.5 Å². The molecule has 76 valence electrons. The Hall–Kier alpha value is -1.29. The third-order valence-electron chi connectivity index (χ3n) is 1.68. The van der Waals surface area contributed by atoms with Crippen LogP contribution in [0.4, 0.5) is 5.69 Å². The maximum Gasteiger partial charge on any atom is 0.342 e. The number of carbonyl (C=O) groups is 1. The van der Waals surface area contributed by atoms with Crippen molar-refractivity contribution in [3.05, 3.63) is 22.5 Å². The van der Waals surface area contributed by atoms with E-state index in [1.165, 1.54) is 6.07 Å². The molecule has 0 atom stereocenters. The number of carbonyl (C=O) groups excluding carboxylic acids is 1. The molecule has 1 heterocycles. The number of nitrogen functional groups attached to an aromatic ring is 1. The molecular weight excluding hydrogens is 204 g/mol. The second kappa shape index (κ2) is 4.28. The fourth-order valence-electron chi connectivity index (χ4n) is 1.13. The number of aromatic nitrogens is 1. The Morgan fingerprint density at radius 3 is 2.86 bits per heavy atom. The van der Waals surface area contributed by atoms with Crippen LogP contribution in [-0.2, 0) is 4.74 Å². The molecule has 0 unspecified atom stereocenters. The third-order valence-corrected chi connectivity index (χ3v) is 1.87. The van der Waals surface area contributed by atoms with Crippen LogP contribution in [0.15, 0.2) is 6.07 Å². The van der Waals surface area contributed by atoms with E-state index < -0.39 is 5.97 Å². The Bertz CT molecular complexity index is 343. The molecule has 0 radical (unpaired) electrons. The molecule has 0 bridgehead atoms. The number of nitrogens with zero attached hydrogens (tertiary/aromatic N) is 1. The zero-order chi connectivity index (χ0) is 10.7. The molecule has 0 saturated carbocycles. The van der Waals surface area contributed by atoms with E-state index in [-0.39, 0.29) is 10.7 Å². The fourth-order valence-corrected chi connectivity index (χ4v) is 1.37. The molecule has 0 aromatic carbocycles.